The summed E-state index contributed by atoms with van der Waals surface area (Å²) in [5.41, 5.74) is 0.831. The van der Waals surface area contributed by atoms with Crippen LogP contribution in [0.1, 0.15) is 31.4 Å². The summed E-state index contributed by atoms with van der Waals surface area (Å²) in [5.74, 6) is 0.841. The van der Waals surface area contributed by atoms with Gasteiger partial charge in [-0.2, -0.15) is 0 Å². The molecule has 2 atom stereocenters. The van der Waals surface area contributed by atoms with Crippen molar-refractivity contribution in [3.05, 3.63) is 29.8 Å². The van der Waals surface area contributed by atoms with E-state index in [4.69, 9.17) is 0 Å². The van der Waals surface area contributed by atoms with E-state index in [0.29, 0.717) is 17.7 Å². The first-order valence-corrected chi connectivity index (χ1v) is 11.0. The molecule has 2 unspecified atom stereocenters. The largest absolute Gasteiger partial charge is 0.306 e. The van der Waals surface area contributed by atoms with E-state index in [0.717, 1.165) is 5.56 Å². The van der Waals surface area contributed by atoms with Crippen LogP contribution in [0.5, 0.6) is 0 Å². The summed E-state index contributed by atoms with van der Waals surface area (Å²) >= 11 is 0. The molecule has 0 saturated carbocycles. The van der Waals surface area contributed by atoms with Gasteiger partial charge < -0.3 is 5.32 Å². The number of nitrogens with one attached hydrogen (secondary N) is 1. The van der Waals surface area contributed by atoms with Gasteiger partial charge in [0, 0.05) is 12.1 Å². The molecule has 1 N–H and O–H groups in total. The van der Waals surface area contributed by atoms with Crippen LogP contribution in [0.15, 0.2) is 29.2 Å². The fourth-order valence-corrected chi connectivity index (χ4v) is 6.73. The summed E-state index contributed by atoms with van der Waals surface area (Å²) in [6, 6.07) is 7.01. The summed E-state index contributed by atoms with van der Waals surface area (Å²) in [6.45, 7) is 2.02. The minimum Gasteiger partial charge on any atom is -0.306 e. The predicted molar refractivity (Wildman–Crippen MR) is 85.2 cm³/mol. The number of hydrogen-bond donors (Lipinski definition) is 1. The molecule has 5 nitrogen and oxygen atoms in total. The van der Waals surface area contributed by atoms with Crippen LogP contribution in [0.3, 0.4) is 0 Å². The van der Waals surface area contributed by atoms with Crippen LogP contribution in [-0.2, 0) is 19.7 Å². The molecule has 0 bridgehead atoms. The van der Waals surface area contributed by atoms with Crippen LogP contribution in [0.4, 0.5) is 0 Å². The van der Waals surface area contributed by atoms with Gasteiger partial charge in [0.15, 0.2) is 9.84 Å². The topological polar surface area (TPSA) is 80.3 Å². The molecule has 2 aliphatic heterocycles. The maximum atomic E-state index is 12.2. The van der Waals surface area contributed by atoms with Gasteiger partial charge in [-0.25, -0.2) is 16.8 Å². The number of benzene rings is 1. The summed E-state index contributed by atoms with van der Waals surface area (Å²) < 4.78 is 47.4. The maximum Gasteiger partial charge on any atom is 0.180 e. The molecular formula is C15H21NO4S2. The first-order valence-electron chi connectivity index (χ1n) is 7.57. The zero-order chi connectivity index (χ0) is 16.0. The van der Waals surface area contributed by atoms with Gasteiger partial charge in [-0.05, 0) is 37.3 Å². The van der Waals surface area contributed by atoms with E-state index in [1.165, 1.54) is 0 Å². The van der Waals surface area contributed by atoms with Gasteiger partial charge in [0.25, 0.3) is 0 Å². The fraction of sp³-hybridized carbons (Fsp3) is 0.600. The third-order valence-corrected chi connectivity index (χ3v) is 8.32. The van der Waals surface area contributed by atoms with Crippen molar-refractivity contribution < 1.29 is 16.8 Å². The minimum atomic E-state index is -3.21. The molecule has 1 saturated heterocycles. The molecule has 22 heavy (non-hydrogen) atoms. The fourth-order valence-electron chi connectivity index (χ4n) is 3.45. The standard InChI is InChI=1S/C15H21NO4S2/c1-11(12-6-8-21(17,18)9-7-12)16-14-10-22(19,20)15-5-3-2-4-13(14)15/h2-5,11-12,14,16H,6-10H2,1H3. The van der Waals surface area contributed by atoms with Gasteiger partial charge in [-0.1, -0.05) is 18.2 Å². The average Bonchev–Trinajstić information content (AvgIpc) is 2.70. The lowest BCUT2D eigenvalue weighted by Crippen LogP contribution is -2.40. The van der Waals surface area contributed by atoms with E-state index in [9.17, 15) is 16.8 Å². The monoisotopic (exact) mass is 343 g/mol. The van der Waals surface area contributed by atoms with Gasteiger partial charge in [-0.15, -0.1) is 0 Å². The van der Waals surface area contributed by atoms with Crippen molar-refractivity contribution in [2.45, 2.75) is 36.7 Å². The van der Waals surface area contributed by atoms with Crippen LogP contribution in [-0.4, -0.2) is 40.1 Å². The first-order chi connectivity index (χ1) is 10.3. The second-order valence-corrected chi connectivity index (χ2v) is 10.6. The number of hydrogen-bond acceptors (Lipinski definition) is 5. The maximum absolute atomic E-state index is 12.2. The van der Waals surface area contributed by atoms with Gasteiger partial charge >= 0.3 is 0 Å². The molecule has 1 fully saturated rings. The van der Waals surface area contributed by atoms with Crippen molar-refractivity contribution in [1.29, 1.82) is 0 Å². The van der Waals surface area contributed by atoms with Crippen molar-refractivity contribution in [3.63, 3.8) is 0 Å². The van der Waals surface area contributed by atoms with Crippen molar-refractivity contribution in [3.8, 4) is 0 Å². The van der Waals surface area contributed by atoms with E-state index >= 15 is 0 Å². The zero-order valence-electron chi connectivity index (χ0n) is 12.5. The van der Waals surface area contributed by atoms with Crippen LogP contribution in [0.25, 0.3) is 0 Å². The second kappa shape index (κ2) is 5.62. The van der Waals surface area contributed by atoms with Gasteiger partial charge in [0.2, 0.25) is 0 Å². The predicted octanol–water partition coefficient (Wildman–Crippen LogP) is 1.32. The van der Waals surface area contributed by atoms with Crippen molar-refractivity contribution in [2.75, 3.05) is 17.3 Å². The van der Waals surface area contributed by atoms with Gasteiger partial charge in [0.05, 0.1) is 22.2 Å². The Labute approximate surface area is 132 Å². The van der Waals surface area contributed by atoms with E-state index in [-0.39, 0.29) is 35.3 Å². The first kappa shape index (κ1) is 16.0. The Morgan fingerprint density at radius 2 is 1.73 bits per heavy atom. The quantitative estimate of drug-likeness (QED) is 0.895. The summed E-state index contributed by atoms with van der Waals surface area (Å²) in [4.78, 5) is 0.422. The van der Waals surface area contributed by atoms with E-state index < -0.39 is 19.7 Å². The number of fused-ring (bicyclic) bond motifs is 1. The lowest BCUT2D eigenvalue weighted by atomic mass is 9.94. The highest BCUT2D eigenvalue weighted by Gasteiger charge is 2.36. The van der Waals surface area contributed by atoms with Crippen molar-refractivity contribution in [2.24, 2.45) is 5.92 Å². The Hall–Kier alpha value is -0.920. The molecule has 0 radical (unpaired) electrons. The average molecular weight is 343 g/mol. The Morgan fingerprint density at radius 1 is 1.09 bits per heavy atom. The highest BCUT2D eigenvalue weighted by Crippen LogP contribution is 2.34. The third-order valence-electron chi connectivity index (χ3n) is 4.79. The molecule has 2 aliphatic rings. The highest BCUT2D eigenvalue weighted by atomic mass is 32.2. The lowest BCUT2D eigenvalue weighted by Gasteiger charge is -2.30. The molecule has 0 aromatic heterocycles. The SMILES string of the molecule is CC(NC1CS(=O)(=O)c2ccccc21)C1CCS(=O)(=O)CC1. The third kappa shape index (κ3) is 3.07. The normalized spacial score (nSPS) is 28.1. The van der Waals surface area contributed by atoms with Gasteiger partial charge in [0.1, 0.15) is 9.84 Å². The Morgan fingerprint density at radius 3 is 2.41 bits per heavy atom. The van der Waals surface area contributed by atoms with Gasteiger partial charge in [-0.3, -0.25) is 0 Å². The molecule has 0 amide bonds. The Balaban J connectivity index is 1.72. The van der Waals surface area contributed by atoms with Crippen LogP contribution >= 0.6 is 0 Å². The molecule has 0 aliphatic carbocycles. The molecule has 3 rings (SSSR count). The van der Waals surface area contributed by atoms with Crippen molar-refractivity contribution >= 4 is 19.7 Å². The van der Waals surface area contributed by atoms with E-state index in [1.807, 2.05) is 19.1 Å². The van der Waals surface area contributed by atoms with Crippen LogP contribution in [0.2, 0.25) is 0 Å². The second-order valence-electron chi connectivity index (χ2n) is 6.32. The summed E-state index contributed by atoms with van der Waals surface area (Å²) in [5, 5.41) is 3.41. The summed E-state index contributed by atoms with van der Waals surface area (Å²) in [7, 11) is -6.08. The van der Waals surface area contributed by atoms with Crippen LogP contribution < -0.4 is 5.32 Å². The minimum absolute atomic E-state index is 0.0850. The molecule has 0 spiro atoms. The molecular weight excluding hydrogens is 322 g/mol. The lowest BCUT2D eigenvalue weighted by molar-refractivity contribution is 0.325. The number of sulfone groups is 2. The molecule has 1 aromatic rings. The summed E-state index contributed by atoms with van der Waals surface area (Å²) in [6.07, 6.45) is 1.30. The Bertz CT molecular complexity index is 756. The zero-order valence-corrected chi connectivity index (χ0v) is 14.2. The molecule has 122 valence electrons. The number of rotatable bonds is 3. The van der Waals surface area contributed by atoms with E-state index in [2.05, 4.69) is 5.32 Å². The van der Waals surface area contributed by atoms with Crippen LogP contribution in [0, 0.1) is 5.92 Å². The van der Waals surface area contributed by atoms with E-state index in [1.54, 1.807) is 12.1 Å². The molecule has 1 aromatic carbocycles. The highest BCUT2D eigenvalue weighted by molar-refractivity contribution is 7.92. The molecule has 2 heterocycles. The smallest absolute Gasteiger partial charge is 0.180 e. The molecule has 7 heteroatoms. The Kier molecular flexibility index (Phi) is 4.07. The van der Waals surface area contributed by atoms with Crippen molar-refractivity contribution in [1.82, 2.24) is 5.32 Å².